The minimum absolute atomic E-state index is 0.0288. The van der Waals surface area contributed by atoms with Crippen molar-refractivity contribution in [3.8, 4) is 5.88 Å². The van der Waals surface area contributed by atoms with Crippen molar-refractivity contribution in [2.75, 3.05) is 31.7 Å². The largest absolute Gasteiger partial charge is 0.468 e. The minimum atomic E-state index is -4.35. The van der Waals surface area contributed by atoms with Crippen LogP contribution >= 0.6 is 0 Å². The zero-order chi connectivity index (χ0) is 14.4. The molecule has 7 heteroatoms. The number of ether oxygens (including phenoxy) is 2. The van der Waals surface area contributed by atoms with E-state index in [1.165, 1.54) is 12.3 Å². The maximum Gasteiger partial charge on any atom is 0.422 e. The molecule has 112 valence electrons. The van der Waals surface area contributed by atoms with Crippen LogP contribution in [0.1, 0.15) is 12.8 Å². The summed E-state index contributed by atoms with van der Waals surface area (Å²) in [5.74, 6) is 0.531. The molecule has 0 aromatic carbocycles. The molecule has 0 spiro atoms. The smallest absolute Gasteiger partial charge is 0.422 e. The number of anilines is 1. The first-order chi connectivity index (χ1) is 9.53. The van der Waals surface area contributed by atoms with Gasteiger partial charge in [-0.1, -0.05) is 0 Å². The molecule has 20 heavy (non-hydrogen) atoms. The van der Waals surface area contributed by atoms with E-state index in [2.05, 4.69) is 15.0 Å². The summed E-state index contributed by atoms with van der Waals surface area (Å²) in [5, 5.41) is 3.22. The Bertz CT molecular complexity index is 403. The molecule has 1 aliphatic heterocycles. The van der Waals surface area contributed by atoms with E-state index >= 15 is 0 Å². The Balaban J connectivity index is 1.76. The van der Waals surface area contributed by atoms with Crippen molar-refractivity contribution in [2.45, 2.75) is 19.0 Å². The van der Waals surface area contributed by atoms with Crippen LogP contribution in [0.3, 0.4) is 0 Å². The van der Waals surface area contributed by atoms with E-state index in [0.29, 0.717) is 5.92 Å². The van der Waals surface area contributed by atoms with Gasteiger partial charge in [0.2, 0.25) is 5.88 Å². The van der Waals surface area contributed by atoms with Gasteiger partial charge in [0.05, 0.1) is 11.9 Å². The number of hydrogen-bond acceptors (Lipinski definition) is 4. The average molecular weight is 290 g/mol. The van der Waals surface area contributed by atoms with E-state index in [1.807, 2.05) is 0 Å². The molecule has 4 nitrogen and oxygen atoms in total. The van der Waals surface area contributed by atoms with Crippen LogP contribution in [0.5, 0.6) is 5.88 Å². The zero-order valence-electron chi connectivity index (χ0n) is 10.9. The van der Waals surface area contributed by atoms with Crippen molar-refractivity contribution in [2.24, 2.45) is 5.92 Å². The fraction of sp³-hybridized carbons (Fsp3) is 0.615. The Hall–Kier alpha value is -1.50. The van der Waals surface area contributed by atoms with Crippen molar-refractivity contribution in [3.05, 3.63) is 18.3 Å². The maximum absolute atomic E-state index is 12.0. The molecule has 0 radical (unpaired) electrons. The number of nitrogens with zero attached hydrogens (tertiary/aromatic N) is 1. The van der Waals surface area contributed by atoms with E-state index in [4.69, 9.17) is 4.74 Å². The van der Waals surface area contributed by atoms with Gasteiger partial charge in [-0.25, -0.2) is 4.98 Å². The lowest BCUT2D eigenvalue weighted by molar-refractivity contribution is -0.154. The summed E-state index contributed by atoms with van der Waals surface area (Å²) in [5.41, 5.74) is 0.774. The summed E-state index contributed by atoms with van der Waals surface area (Å²) >= 11 is 0. The Morgan fingerprint density at radius 1 is 1.30 bits per heavy atom. The standard InChI is InChI=1S/C13H17F3N2O2/c14-13(15,16)9-20-12-2-1-11(8-18-12)17-7-10-3-5-19-6-4-10/h1-2,8,10,17H,3-7,9H2. The summed E-state index contributed by atoms with van der Waals surface area (Å²) in [6, 6.07) is 3.09. The monoisotopic (exact) mass is 290 g/mol. The molecule has 2 rings (SSSR count). The molecule has 1 fully saturated rings. The summed E-state index contributed by atoms with van der Waals surface area (Å²) in [4.78, 5) is 3.84. The third-order valence-electron chi connectivity index (χ3n) is 3.06. The highest BCUT2D eigenvalue weighted by Crippen LogP contribution is 2.19. The van der Waals surface area contributed by atoms with Crippen LogP contribution in [0, 0.1) is 5.92 Å². The Labute approximate surface area is 115 Å². The van der Waals surface area contributed by atoms with Crippen LogP contribution < -0.4 is 10.1 Å². The van der Waals surface area contributed by atoms with E-state index in [-0.39, 0.29) is 5.88 Å². The molecule has 0 unspecified atom stereocenters. The second-order valence-electron chi connectivity index (χ2n) is 4.73. The van der Waals surface area contributed by atoms with Crippen molar-refractivity contribution in [1.82, 2.24) is 4.98 Å². The van der Waals surface area contributed by atoms with Gasteiger partial charge in [0.15, 0.2) is 6.61 Å². The topological polar surface area (TPSA) is 43.4 Å². The molecule has 0 saturated carbocycles. The number of nitrogens with one attached hydrogen (secondary N) is 1. The second-order valence-corrected chi connectivity index (χ2v) is 4.73. The Kier molecular flexibility index (Phi) is 5.05. The quantitative estimate of drug-likeness (QED) is 0.905. The number of hydrogen-bond donors (Lipinski definition) is 1. The van der Waals surface area contributed by atoms with E-state index in [9.17, 15) is 13.2 Å². The number of halogens is 3. The van der Waals surface area contributed by atoms with Gasteiger partial charge in [-0.15, -0.1) is 0 Å². The molecule has 1 aromatic heterocycles. The predicted octanol–water partition coefficient (Wildman–Crippen LogP) is 2.86. The van der Waals surface area contributed by atoms with Crippen LogP contribution in [0.25, 0.3) is 0 Å². The van der Waals surface area contributed by atoms with Crippen LogP contribution in [-0.4, -0.2) is 37.5 Å². The van der Waals surface area contributed by atoms with E-state index < -0.39 is 12.8 Å². The number of pyridine rings is 1. The number of alkyl halides is 3. The molecule has 0 amide bonds. The van der Waals surface area contributed by atoms with Crippen molar-refractivity contribution in [3.63, 3.8) is 0 Å². The van der Waals surface area contributed by atoms with Gasteiger partial charge >= 0.3 is 6.18 Å². The highest BCUT2D eigenvalue weighted by molar-refractivity contribution is 5.42. The van der Waals surface area contributed by atoms with E-state index in [0.717, 1.165) is 38.3 Å². The highest BCUT2D eigenvalue weighted by atomic mass is 19.4. The molecule has 0 bridgehead atoms. The molecule has 1 aliphatic rings. The lowest BCUT2D eigenvalue weighted by atomic mass is 10.0. The predicted molar refractivity (Wildman–Crippen MR) is 67.8 cm³/mol. The Morgan fingerprint density at radius 3 is 2.65 bits per heavy atom. The second kappa shape index (κ2) is 6.78. The van der Waals surface area contributed by atoms with Crippen molar-refractivity contribution < 1.29 is 22.6 Å². The van der Waals surface area contributed by atoms with Crippen molar-refractivity contribution >= 4 is 5.69 Å². The molecule has 2 heterocycles. The van der Waals surface area contributed by atoms with Gasteiger partial charge in [-0.05, 0) is 24.8 Å². The first-order valence-corrected chi connectivity index (χ1v) is 6.50. The first kappa shape index (κ1) is 14.9. The van der Waals surface area contributed by atoms with Crippen LogP contribution in [-0.2, 0) is 4.74 Å². The van der Waals surface area contributed by atoms with Gasteiger partial charge < -0.3 is 14.8 Å². The summed E-state index contributed by atoms with van der Waals surface area (Å²) in [6.45, 7) is 1.06. The molecule has 1 saturated heterocycles. The normalized spacial score (nSPS) is 16.9. The fourth-order valence-corrected chi connectivity index (χ4v) is 1.94. The van der Waals surface area contributed by atoms with Crippen LogP contribution in [0.15, 0.2) is 18.3 Å². The molecule has 1 aromatic rings. The zero-order valence-corrected chi connectivity index (χ0v) is 10.9. The first-order valence-electron chi connectivity index (χ1n) is 6.50. The third-order valence-corrected chi connectivity index (χ3v) is 3.06. The maximum atomic E-state index is 12.0. The molecular weight excluding hydrogens is 273 g/mol. The average Bonchev–Trinajstić information content (AvgIpc) is 2.44. The van der Waals surface area contributed by atoms with Gasteiger partial charge in [0, 0.05) is 25.8 Å². The van der Waals surface area contributed by atoms with Gasteiger partial charge in [0.25, 0.3) is 0 Å². The summed E-state index contributed by atoms with van der Waals surface area (Å²) in [7, 11) is 0. The molecule has 0 atom stereocenters. The molecular formula is C13H17F3N2O2. The SMILES string of the molecule is FC(F)(F)COc1ccc(NCC2CCOCC2)cn1. The lowest BCUT2D eigenvalue weighted by Crippen LogP contribution is -2.22. The number of aromatic nitrogens is 1. The van der Waals surface area contributed by atoms with Crippen LogP contribution in [0.2, 0.25) is 0 Å². The van der Waals surface area contributed by atoms with Crippen LogP contribution in [0.4, 0.5) is 18.9 Å². The fourth-order valence-electron chi connectivity index (χ4n) is 1.94. The van der Waals surface area contributed by atoms with Gasteiger partial charge in [0.1, 0.15) is 0 Å². The summed E-state index contributed by atoms with van der Waals surface area (Å²) in [6.07, 6.45) is -0.826. The van der Waals surface area contributed by atoms with Crippen molar-refractivity contribution in [1.29, 1.82) is 0 Å². The Morgan fingerprint density at radius 2 is 2.05 bits per heavy atom. The third kappa shape index (κ3) is 5.24. The molecule has 1 N–H and O–H groups in total. The highest BCUT2D eigenvalue weighted by Gasteiger charge is 2.28. The summed E-state index contributed by atoms with van der Waals surface area (Å²) < 4.78 is 45.7. The molecule has 0 aliphatic carbocycles. The van der Waals surface area contributed by atoms with Gasteiger partial charge in [-0.2, -0.15) is 13.2 Å². The lowest BCUT2D eigenvalue weighted by Gasteiger charge is -2.22. The van der Waals surface area contributed by atoms with E-state index in [1.54, 1.807) is 6.07 Å². The minimum Gasteiger partial charge on any atom is -0.468 e. The van der Waals surface area contributed by atoms with Gasteiger partial charge in [-0.3, -0.25) is 0 Å². The number of rotatable bonds is 5.